The van der Waals surface area contributed by atoms with Crippen LogP contribution in [-0.4, -0.2) is 0 Å². The van der Waals surface area contributed by atoms with Crippen LogP contribution in [-0.2, 0) is 0 Å². The Morgan fingerprint density at radius 3 is 1.36 bits per heavy atom. The number of rotatable bonds is 7. The number of thiophene rings is 1. The molecule has 236 valence electrons. The zero-order valence-corrected chi connectivity index (χ0v) is 28.2. The van der Waals surface area contributed by atoms with Crippen LogP contribution in [0, 0.1) is 0 Å². The van der Waals surface area contributed by atoms with Gasteiger partial charge in [0.05, 0.1) is 0 Å². The Morgan fingerprint density at radius 2 is 0.700 bits per heavy atom. The molecule has 9 aromatic rings. The van der Waals surface area contributed by atoms with Crippen molar-refractivity contribution in [3.63, 3.8) is 0 Å². The number of hydrogen-bond acceptors (Lipinski definition) is 2. The van der Waals surface area contributed by atoms with E-state index >= 15 is 0 Å². The zero-order valence-electron chi connectivity index (χ0n) is 27.4. The lowest BCUT2D eigenvalue weighted by atomic mass is 9.98. The summed E-state index contributed by atoms with van der Waals surface area (Å²) >= 11 is 1.86. The lowest BCUT2D eigenvalue weighted by Gasteiger charge is -2.26. The number of fused-ring (bicyclic) bond motifs is 3. The van der Waals surface area contributed by atoms with E-state index in [0.29, 0.717) is 0 Å². The molecule has 0 unspecified atom stereocenters. The van der Waals surface area contributed by atoms with Gasteiger partial charge in [0, 0.05) is 37.2 Å². The molecule has 1 nitrogen and oxygen atoms in total. The largest absolute Gasteiger partial charge is 0.310 e. The van der Waals surface area contributed by atoms with E-state index in [0.717, 1.165) is 17.1 Å². The van der Waals surface area contributed by atoms with Crippen LogP contribution < -0.4 is 4.90 Å². The second-order valence-electron chi connectivity index (χ2n) is 12.6. The SMILES string of the molecule is c1ccc(-c2ccc(N(c3ccc(-c4cccc(-c5ccccc5)c4)cc3)c3cccc(-c4ccc5sc6ccccc6c5c4)c3)cc2)cc1. The molecule has 0 bridgehead atoms. The summed E-state index contributed by atoms with van der Waals surface area (Å²) in [4.78, 5) is 2.36. The average molecular weight is 656 g/mol. The summed E-state index contributed by atoms with van der Waals surface area (Å²) in [5.74, 6) is 0. The van der Waals surface area contributed by atoms with Gasteiger partial charge in [0.25, 0.3) is 0 Å². The Bertz CT molecular complexity index is 2570. The van der Waals surface area contributed by atoms with Crippen LogP contribution >= 0.6 is 11.3 Å². The zero-order chi connectivity index (χ0) is 33.3. The molecule has 2 heteroatoms. The molecule has 0 aliphatic heterocycles. The van der Waals surface area contributed by atoms with Gasteiger partial charge < -0.3 is 4.90 Å². The Morgan fingerprint density at radius 1 is 0.260 bits per heavy atom. The second-order valence-corrected chi connectivity index (χ2v) is 13.7. The Balaban J connectivity index is 1.11. The van der Waals surface area contributed by atoms with Gasteiger partial charge >= 0.3 is 0 Å². The first-order chi connectivity index (χ1) is 24.8. The van der Waals surface area contributed by atoms with E-state index in [1.54, 1.807) is 0 Å². The van der Waals surface area contributed by atoms with Crippen molar-refractivity contribution in [2.24, 2.45) is 0 Å². The van der Waals surface area contributed by atoms with Crippen LogP contribution in [0.25, 0.3) is 64.7 Å². The third-order valence-electron chi connectivity index (χ3n) is 9.48. The minimum Gasteiger partial charge on any atom is -0.310 e. The first-order valence-electron chi connectivity index (χ1n) is 17.0. The molecule has 1 aromatic heterocycles. The first kappa shape index (κ1) is 29.9. The van der Waals surface area contributed by atoms with Gasteiger partial charge in [0.2, 0.25) is 0 Å². The number of anilines is 3. The summed E-state index contributed by atoms with van der Waals surface area (Å²) in [6.07, 6.45) is 0. The van der Waals surface area contributed by atoms with Gasteiger partial charge in [-0.15, -0.1) is 11.3 Å². The van der Waals surface area contributed by atoms with Crippen molar-refractivity contribution in [1.29, 1.82) is 0 Å². The molecule has 0 saturated carbocycles. The average Bonchev–Trinajstić information content (AvgIpc) is 3.57. The Labute approximate surface area is 297 Å². The van der Waals surface area contributed by atoms with Crippen LogP contribution in [0.4, 0.5) is 17.1 Å². The third-order valence-corrected chi connectivity index (χ3v) is 10.6. The Hall–Kier alpha value is -6.22. The van der Waals surface area contributed by atoms with Crippen LogP contribution in [0.5, 0.6) is 0 Å². The molecule has 1 heterocycles. The number of benzene rings is 8. The van der Waals surface area contributed by atoms with Crippen LogP contribution in [0.1, 0.15) is 0 Å². The van der Waals surface area contributed by atoms with Crippen molar-refractivity contribution in [2.45, 2.75) is 0 Å². The van der Waals surface area contributed by atoms with Crippen molar-refractivity contribution in [2.75, 3.05) is 4.90 Å². The maximum absolute atomic E-state index is 2.36. The quantitative estimate of drug-likeness (QED) is 0.165. The highest BCUT2D eigenvalue weighted by Crippen LogP contribution is 2.40. The number of hydrogen-bond donors (Lipinski definition) is 0. The van der Waals surface area contributed by atoms with E-state index in [1.807, 2.05) is 11.3 Å². The molecule has 0 saturated heterocycles. The first-order valence-corrected chi connectivity index (χ1v) is 17.8. The molecule has 0 fully saturated rings. The standard InChI is InChI=1S/C48H33NS/c1-3-11-34(12-4-1)36-21-26-42(27-22-36)49(43-28-23-37(24-29-43)39-16-9-15-38(31-39)35-13-5-2-6-14-35)44-18-10-17-40(32-44)41-25-30-48-46(33-41)45-19-7-8-20-47(45)50-48/h1-33H. The molecule has 8 aromatic carbocycles. The predicted molar refractivity (Wildman–Crippen MR) is 216 cm³/mol. The lowest BCUT2D eigenvalue weighted by molar-refractivity contribution is 1.28. The van der Waals surface area contributed by atoms with E-state index in [-0.39, 0.29) is 0 Å². The van der Waals surface area contributed by atoms with Gasteiger partial charge in [-0.1, -0.05) is 140 Å². The molecule has 0 atom stereocenters. The summed E-state index contributed by atoms with van der Waals surface area (Å²) in [6, 6.07) is 72.3. The van der Waals surface area contributed by atoms with E-state index in [4.69, 9.17) is 0 Å². The molecule has 0 N–H and O–H groups in total. The predicted octanol–water partition coefficient (Wildman–Crippen LogP) is 14.2. The minimum absolute atomic E-state index is 1.11. The fourth-order valence-corrected chi connectivity index (χ4v) is 8.01. The van der Waals surface area contributed by atoms with Crippen molar-refractivity contribution < 1.29 is 0 Å². The van der Waals surface area contributed by atoms with Crippen LogP contribution in [0.3, 0.4) is 0 Å². The van der Waals surface area contributed by atoms with Gasteiger partial charge in [-0.3, -0.25) is 0 Å². The molecular formula is C48H33NS. The second kappa shape index (κ2) is 13.0. The summed E-state index contributed by atoms with van der Waals surface area (Å²) in [5, 5.41) is 2.63. The minimum atomic E-state index is 1.11. The van der Waals surface area contributed by atoms with Gasteiger partial charge in [-0.05, 0) is 105 Å². The highest BCUT2D eigenvalue weighted by atomic mass is 32.1. The normalized spacial score (nSPS) is 11.2. The molecule has 0 aliphatic carbocycles. The van der Waals surface area contributed by atoms with Gasteiger partial charge in [0.1, 0.15) is 0 Å². The molecule has 50 heavy (non-hydrogen) atoms. The van der Waals surface area contributed by atoms with E-state index in [9.17, 15) is 0 Å². The van der Waals surface area contributed by atoms with Crippen LogP contribution in [0.15, 0.2) is 200 Å². The van der Waals surface area contributed by atoms with Crippen LogP contribution in [0.2, 0.25) is 0 Å². The van der Waals surface area contributed by atoms with E-state index < -0.39 is 0 Å². The molecule has 0 aliphatic rings. The van der Waals surface area contributed by atoms with Gasteiger partial charge in [-0.2, -0.15) is 0 Å². The topological polar surface area (TPSA) is 3.24 Å². The van der Waals surface area contributed by atoms with Crippen molar-refractivity contribution >= 4 is 48.6 Å². The molecule has 0 amide bonds. The monoisotopic (exact) mass is 655 g/mol. The Kier molecular flexibility index (Phi) is 7.77. The van der Waals surface area contributed by atoms with E-state index in [2.05, 4.69) is 205 Å². The summed E-state index contributed by atoms with van der Waals surface area (Å²) in [6.45, 7) is 0. The summed E-state index contributed by atoms with van der Waals surface area (Å²) in [7, 11) is 0. The molecule has 9 rings (SSSR count). The fourth-order valence-electron chi connectivity index (χ4n) is 6.92. The van der Waals surface area contributed by atoms with Gasteiger partial charge in [0.15, 0.2) is 0 Å². The lowest BCUT2D eigenvalue weighted by Crippen LogP contribution is -2.10. The summed E-state index contributed by atoms with van der Waals surface area (Å²) in [5.41, 5.74) is 13.0. The smallest absolute Gasteiger partial charge is 0.0467 e. The van der Waals surface area contributed by atoms with Crippen molar-refractivity contribution in [3.05, 3.63) is 200 Å². The maximum atomic E-state index is 2.36. The van der Waals surface area contributed by atoms with Gasteiger partial charge in [-0.25, -0.2) is 0 Å². The van der Waals surface area contributed by atoms with Crippen molar-refractivity contribution in [1.82, 2.24) is 0 Å². The highest BCUT2D eigenvalue weighted by molar-refractivity contribution is 7.25. The summed E-state index contributed by atoms with van der Waals surface area (Å²) < 4.78 is 2.65. The fraction of sp³-hybridized carbons (Fsp3) is 0. The highest BCUT2D eigenvalue weighted by Gasteiger charge is 2.15. The third kappa shape index (κ3) is 5.77. The maximum Gasteiger partial charge on any atom is 0.0467 e. The molecular weight excluding hydrogens is 623 g/mol. The van der Waals surface area contributed by atoms with E-state index in [1.165, 1.54) is 64.7 Å². The number of nitrogens with zero attached hydrogens (tertiary/aromatic N) is 1. The molecule has 0 spiro atoms. The molecule has 0 radical (unpaired) electrons. The van der Waals surface area contributed by atoms with Crippen molar-refractivity contribution in [3.8, 4) is 44.5 Å².